The SMILES string of the molecule is CCC(CC)C1CN=C(NCCC(C)c2ccccc2)S1. The quantitative estimate of drug-likeness (QED) is 0.791. The van der Waals surface area contributed by atoms with Gasteiger partial charge in [-0.25, -0.2) is 0 Å². The van der Waals surface area contributed by atoms with E-state index in [1.807, 2.05) is 11.8 Å². The van der Waals surface area contributed by atoms with Crippen LogP contribution in [0.1, 0.15) is 51.5 Å². The van der Waals surface area contributed by atoms with Crippen molar-refractivity contribution in [3.05, 3.63) is 35.9 Å². The van der Waals surface area contributed by atoms with Crippen molar-refractivity contribution in [2.75, 3.05) is 13.1 Å². The summed E-state index contributed by atoms with van der Waals surface area (Å²) >= 11 is 1.95. The number of hydrogen-bond acceptors (Lipinski definition) is 3. The minimum Gasteiger partial charge on any atom is -0.365 e. The summed E-state index contributed by atoms with van der Waals surface area (Å²) < 4.78 is 0. The zero-order chi connectivity index (χ0) is 15.1. The van der Waals surface area contributed by atoms with Crippen molar-refractivity contribution < 1.29 is 0 Å². The highest BCUT2D eigenvalue weighted by Crippen LogP contribution is 2.30. The second kappa shape index (κ2) is 8.47. The maximum Gasteiger partial charge on any atom is 0.156 e. The largest absolute Gasteiger partial charge is 0.365 e. The van der Waals surface area contributed by atoms with Gasteiger partial charge in [0, 0.05) is 11.8 Å². The van der Waals surface area contributed by atoms with E-state index in [1.165, 1.54) is 18.4 Å². The van der Waals surface area contributed by atoms with Crippen molar-refractivity contribution in [3.63, 3.8) is 0 Å². The van der Waals surface area contributed by atoms with E-state index in [2.05, 4.69) is 61.4 Å². The van der Waals surface area contributed by atoms with Crippen molar-refractivity contribution in [2.45, 2.75) is 51.2 Å². The van der Waals surface area contributed by atoms with E-state index in [0.717, 1.165) is 30.6 Å². The van der Waals surface area contributed by atoms with Crippen LogP contribution in [0, 0.1) is 5.92 Å². The molecule has 0 spiro atoms. The smallest absolute Gasteiger partial charge is 0.156 e. The normalized spacial score (nSPS) is 19.6. The molecule has 1 aromatic carbocycles. The van der Waals surface area contributed by atoms with E-state index in [-0.39, 0.29) is 0 Å². The van der Waals surface area contributed by atoms with E-state index < -0.39 is 0 Å². The molecule has 0 fully saturated rings. The molecule has 2 atom stereocenters. The van der Waals surface area contributed by atoms with E-state index in [0.29, 0.717) is 11.2 Å². The fraction of sp³-hybridized carbons (Fsp3) is 0.611. The molecule has 1 N–H and O–H groups in total. The maximum atomic E-state index is 4.67. The Morgan fingerprint density at radius 2 is 1.95 bits per heavy atom. The number of rotatable bonds is 7. The molecule has 2 unspecified atom stereocenters. The van der Waals surface area contributed by atoms with Gasteiger partial charge < -0.3 is 5.32 Å². The van der Waals surface area contributed by atoms with Crippen LogP contribution in [0.25, 0.3) is 0 Å². The molecule has 1 aliphatic rings. The summed E-state index contributed by atoms with van der Waals surface area (Å²) in [6.07, 6.45) is 3.68. The Morgan fingerprint density at radius 3 is 2.62 bits per heavy atom. The molecule has 0 aromatic heterocycles. The van der Waals surface area contributed by atoms with Gasteiger partial charge in [-0.05, 0) is 23.8 Å². The number of nitrogens with zero attached hydrogens (tertiary/aromatic N) is 1. The first-order valence-corrected chi connectivity index (χ1v) is 9.12. The van der Waals surface area contributed by atoms with Crippen LogP contribution in [0.3, 0.4) is 0 Å². The monoisotopic (exact) mass is 304 g/mol. The summed E-state index contributed by atoms with van der Waals surface area (Å²) in [5, 5.41) is 5.38. The lowest BCUT2D eigenvalue weighted by Crippen LogP contribution is -2.23. The number of nitrogens with one attached hydrogen (secondary N) is 1. The highest BCUT2D eigenvalue weighted by molar-refractivity contribution is 8.14. The van der Waals surface area contributed by atoms with Gasteiger partial charge in [0.2, 0.25) is 0 Å². The van der Waals surface area contributed by atoms with Crippen LogP contribution in [0.4, 0.5) is 0 Å². The van der Waals surface area contributed by atoms with Crippen LogP contribution in [0.5, 0.6) is 0 Å². The minimum atomic E-state index is 0.598. The third-order valence-corrected chi connectivity index (χ3v) is 5.81. The predicted octanol–water partition coefficient (Wildman–Crippen LogP) is 4.68. The molecule has 0 bridgehead atoms. The fourth-order valence-electron chi connectivity index (χ4n) is 2.89. The molecule has 0 saturated heterocycles. The Morgan fingerprint density at radius 1 is 1.24 bits per heavy atom. The van der Waals surface area contributed by atoms with Crippen molar-refractivity contribution in [1.82, 2.24) is 5.32 Å². The zero-order valence-corrected chi connectivity index (χ0v) is 14.3. The Kier molecular flexibility index (Phi) is 6.62. The second-order valence-electron chi connectivity index (χ2n) is 5.91. The Bertz CT molecular complexity index is 440. The average Bonchev–Trinajstić information content (AvgIpc) is 2.98. The highest BCUT2D eigenvalue weighted by atomic mass is 32.2. The molecule has 2 rings (SSSR count). The van der Waals surface area contributed by atoms with E-state index in [9.17, 15) is 0 Å². The first-order chi connectivity index (χ1) is 10.2. The lowest BCUT2D eigenvalue weighted by Gasteiger charge is -2.19. The van der Waals surface area contributed by atoms with Gasteiger partial charge in [-0.2, -0.15) is 0 Å². The molecule has 0 aliphatic carbocycles. The van der Waals surface area contributed by atoms with E-state index >= 15 is 0 Å². The maximum absolute atomic E-state index is 4.67. The van der Waals surface area contributed by atoms with Gasteiger partial charge in [0.25, 0.3) is 0 Å². The van der Waals surface area contributed by atoms with Gasteiger partial charge in [-0.3, -0.25) is 4.99 Å². The second-order valence-corrected chi connectivity index (χ2v) is 7.13. The standard InChI is InChI=1S/C18H28N2S/c1-4-15(5-2)17-13-20-18(21-17)19-12-11-14(3)16-9-7-6-8-10-16/h6-10,14-15,17H,4-5,11-13H2,1-3H3,(H,19,20). The Labute approximate surface area is 133 Å². The molecule has 0 saturated carbocycles. The zero-order valence-electron chi connectivity index (χ0n) is 13.5. The molecular formula is C18H28N2S. The Hall–Kier alpha value is -0.960. The van der Waals surface area contributed by atoms with Crippen molar-refractivity contribution in [3.8, 4) is 0 Å². The number of aliphatic imine (C=N–C) groups is 1. The summed E-state index contributed by atoms with van der Waals surface area (Å²) in [5.41, 5.74) is 1.43. The minimum absolute atomic E-state index is 0.598. The molecular weight excluding hydrogens is 276 g/mol. The molecule has 0 amide bonds. The third-order valence-electron chi connectivity index (χ3n) is 4.47. The Balaban J connectivity index is 1.70. The summed E-state index contributed by atoms with van der Waals surface area (Å²) in [7, 11) is 0. The first-order valence-electron chi connectivity index (χ1n) is 8.24. The van der Waals surface area contributed by atoms with Crippen LogP contribution in [0.2, 0.25) is 0 Å². The fourth-order valence-corrected chi connectivity index (χ4v) is 4.24. The van der Waals surface area contributed by atoms with Gasteiger partial charge >= 0.3 is 0 Å². The van der Waals surface area contributed by atoms with Gasteiger partial charge in [0.05, 0.1) is 6.54 Å². The van der Waals surface area contributed by atoms with Crippen molar-refractivity contribution >= 4 is 16.9 Å². The molecule has 1 heterocycles. The first kappa shape index (κ1) is 16.4. The molecule has 1 aliphatic heterocycles. The molecule has 3 heteroatoms. The lowest BCUT2D eigenvalue weighted by atomic mass is 9.98. The highest BCUT2D eigenvalue weighted by Gasteiger charge is 2.25. The van der Waals surface area contributed by atoms with E-state index in [4.69, 9.17) is 0 Å². The van der Waals surface area contributed by atoms with Gasteiger partial charge in [-0.1, -0.05) is 75.7 Å². The van der Waals surface area contributed by atoms with Crippen LogP contribution < -0.4 is 5.32 Å². The number of hydrogen-bond donors (Lipinski definition) is 1. The predicted molar refractivity (Wildman–Crippen MR) is 95.2 cm³/mol. The van der Waals surface area contributed by atoms with E-state index in [1.54, 1.807) is 0 Å². The molecule has 1 aromatic rings. The average molecular weight is 305 g/mol. The summed E-state index contributed by atoms with van der Waals surface area (Å²) in [4.78, 5) is 4.67. The summed E-state index contributed by atoms with van der Waals surface area (Å²) in [6.45, 7) is 8.89. The number of thioether (sulfide) groups is 1. The van der Waals surface area contributed by atoms with Crippen molar-refractivity contribution in [2.24, 2.45) is 10.9 Å². The molecule has 116 valence electrons. The topological polar surface area (TPSA) is 24.4 Å². The number of benzene rings is 1. The van der Waals surface area contributed by atoms with Gasteiger partial charge in [0.1, 0.15) is 0 Å². The summed E-state index contributed by atoms with van der Waals surface area (Å²) in [5.74, 6) is 1.40. The van der Waals surface area contributed by atoms with Gasteiger partial charge in [-0.15, -0.1) is 0 Å². The van der Waals surface area contributed by atoms with Gasteiger partial charge in [0.15, 0.2) is 5.17 Å². The third kappa shape index (κ3) is 4.77. The van der Waals surface area contributed by atoms with Crippen LogP contribution in [0.15, 0.2) is 35.3 Å². The molecule has 21 heavy (non-hydrogen) atoms. The molecule has 2 nitrogen and oxygen atoms in total. The summed E-state index contributed by atoms with van der Waals surface area (Å²) in [6, 6.07) is 10.8. The van der Waals surface area contributed by atoms with Crippen molar-refractivity contribution in [1.29, 1.82) is 0 Å². The van der Waals surface area contributed by atoms with Crippen LogP contribution in [-0.4, -0.2) is 23.5 Å². The molecule has 0 radical (unpaired) electrons. The van der Waals surface area contributed by atoms with Crippen LogP contribution in [-0.2, 0) is 0 Å². The number of amidine groups is 1. The lowest BCUT2D eigenvalue weighted by molar-refractivity contribution is 0.479. The van der Waals surface area contributed by atoms with Crippen LogP contribution >= 0.6 is 11.8 Å².